The van der Waals surface area contributed by atoms with Crippen molar-refractivity contribution in [3.05, 3.63) is 35.4 Å². The second-order valence-corrected chi connectivity index (χ2v) is 7.04. The Morgan fingerprint density at radius 2 is 1.69 bits per heavy atom. The molecule has 0 spiro atoms. The molecule has 0 aliphatic heterocycles. The Kier molecular flexibility index (Phi) is 2.92. The lowest BCUT2D eigenvalue weighted by molar-refractivity contribution is 0.570. The molecule has 0 heterocycles. The van der Waals surface area contributed by atoms with Crippen LogP contribution < -0.4 is 0 Å². The minimum atomic E-state index is -2.21. The highest BCUT2D eigenvalue weighted by molar-refractivity contribution is 6.78. The first kappa shape index (κ1) is 10.0. The Hall–Kier alpha value is -1.04. The van der Waals surface area contributed by atoms with Gasteiger partial charge in [-0.3, -0.25) is 0 Å². The number of hydrogen-bond acceptors (Lipinski definition) is 1. The molecule has 0 radical (unpaired) electrons. The van der Waals surface area contributed by atoms with Gasteiger partial charge in [-0.15, -0.1) is 0 Å². The highest BCUT2D eigenvalue weighted by atomic mass is 28.4. The Labute approximate surface area is 80.6 Å². The molecule has 0 fully saturated rings. The Morgan fingerprint density at radius 3 is 2.15 bits per heavy atom. The third kappa shape index (κ3) is 3.93. The summed E-state index contributed by atoms with van der Waals surface area (Å²) in [6.45, 7) is 5.67. The maximum absolute atomic E-state index is 9.50. The molecule has 0 aliphatic rings. The van der Waals surface area contributed by atoms with Crippen LogP contribution in [0.2, 0.25) is 13.1 Å². The molecule has 68 valence electrons. The first-order chi connectivity index (χ1) is 5.97. The molecule has 1 aromatic rings. The van der Waals surface area contributed by atoms with Crippen LogP contribution in [0.3, 0.4) is 0 Å². The van der Waals surface area contributed by atoms with Gasteiger partial charge in [0, 0.05) is 5.56 Å². The van der Waals surface area contributed by atoms with Crippen molar-refractivity contribution < 1.29 is 4.80 Å². The van der Waals surface area contributed by atoms with Crippen molar-refractivity contribution in [2.45, 2.75) is 20.0 Å². The van der Waals surface area contributed by atoms with Crippen molar-refractivity contribution in [2.75, 3.05) is 0 Å². The van der Waals surface area contributed by atoms with Gasteiger partial charge in [-0.25, -0.2) is 0 Å². The Morgan fingerprint density at radius 1 is 1.15 bits per heavy atom. The van der Waals surface area contributed by atoms with Crippen LogP contribution in [-0.4, -0.2) is 13.1 Å². The number of benzene rings is 1. The standard InChI is InChI=1S/C11H14OSi/c1-10-4-6-11(7-5-10)8-9-13(2,3)12/h4-7,12H,1-3H3. The molecule has 0 unspecified atom stereocenters. The lowest BCUT2D eigenvalue weighted by atomic mass is 10.2. The second kappa shape index (κ2) is 3.78. The van der Waals surface area contributed by atoms with Gasteiger partial charge in [0.05, 0.1) is 0 Å². The van der Waals surface area contributed by atoms with Crippen LogP contribution in [0.4, 0.5) is 0 Å². The zero-order chi connectivity index (χ0) is 9.90. The van der Waals surface area contributed by atoms with E-state index in [1.54, 1.807) is 0 Å². The molecule has 1 aromatic carbocycles. The van der Waals surface area contributed by atoms with Gasteiger partial charge < -0.3 is 4.80 Å². The normalized spacial score (nSPS) is 10.5. The van der Waals surface area contributed by atoms with Crippen molar-refractivity contribution in [3.63, 3.8) is 0 Å². The third-order valence-electron chi connectivity index (χ3n) is 1.56. The molecular weight excluding hydrogens is 176 g/mol. The van der Waals surface area contributed by atoms with Crippen LogP contribution in [0.15, 0.2) is 24.3 Å². The molecule has 0 saturated carbocycles. The second-order valence-electron chi connectivity index (χ2n) is 3.68. The molecular formula is C11H14OSi. The highest BCUT2D eigenvalue weighted by Gasteiger charge is 2.11. The van der Waals surface area contributed by atoms with E-state index >= 15 is 0 Å². The van der Waals surface area contributed by atoms with Crippen LogP contribution in [0.25, 0.3) is 0 Å². The fourth-order valence-corrected chi connectivity index (χ4v) is 1.31. The minimum Gasteiger partial charge on any atom is -0.422 e. The van der Waals surface area contributed by atoms with E-state index in [1.165, 1.54) is 5.56 Å². The Balaban J connectivity index is 2.85. The fraction of sp³-hybridized carbons (Fsp3) is 0.273. The maximum atomic E-state index is 9.50. The van der Waals surface area contributed by atoms with E-state index in [1.807, 2.05) is 44.3 Å². The predicted molar refractivity (Wildman–Crippen MR) is 57.8 cm³/mol. The van der Waals surface area contributed by atoms with Gasteiger partial charge in [-0.1, -0.05) is 29.2 Å². The van der Waals surface area contributed by atoms with Gasteiger partial charge in [0.15, 0.2) is 0 Å². The molecule has 2 heteroatoms. The van der Waals surface area contributed by atoms with Gasteiger partial charge >= 0.3 is 0 Å². The highest BCUT2D eigenvalue weighted by Crippen LogP contribution is 2.01. The van der Waals surface area contributed by atoms with Crippen LogP contribution in [0.5, 0.6) is 0 Å². The largest absolute Gasteiger partial charge is 0.422 e. The smallest absolute Gasteiger partial charge is 0.263 e. The van der Waals surface area contributed by atoms with Crippen LogP contribution >= 0.6 is 0 Å². The summed E-state index contributed by atoms with van der Waals surface area (Å²) in [5, 5.41) is 0. The molecule has 1 N–H and O–H groups in total. The van der Waals surface area contributed by atoms with Crippen LogP contribution in [-0.2, 0) is 0 Å². The summed E-state index contributed by atoms with van der Waals surface area (Å²) in [6.07, 6.45) is 0. The summed E-state index contributed by atoms with van der Waals surface area (Å²) in [7, 11) is -2.21. The predicted octanol–water partition coefficient (Wildman–Crippen LogP) is 2.08. The summed E-state index contributed by atoms with van der Waals surface area (Å²) in [5.74, 6) is 2.97. The average molecular weight is 190 g/mol. The third-order valence-corrected chi connectivity index (χ3v) is 2.30. The van der Waals surface area contributed by atoms with E-state index in [0.29, 0.717) is 0 Å². The molecule has 0 aliphatic carbocycles. The van der Waals surface area contributed by atoms with Gasteiger partial charge in [0.2, 0.25) is 0 Å². The zero-order valence-electron chi connectivity index (χ0n) is 8.26. The van der Waals surface area contributed by atoms with Crippen molar-refractivity contribution in [2.24, 2.45) is 0 Å². The summed E-state index contributed by atoms with van der Waals surface area (Å²) < 4.78 is 0. The number of rotatable bonds is 0. The van der Waals surface area contributed by atoms with Gasteiger partial charge in [0.1, 0.15) is 0 Å². The van der Waals surface area contributed by atoms with Crippen LogP contribution in [0, 0.1) is 18.4 Å². The molecule has 13 heavy (non-hydrogen) atoms. The molecule has 0 amide bonds. The summed E-state index contributed by atoms with van der Waals surface area (Å²) >= 11 is 0. The van der Waals surface area contributed by atoms with Crippen molar-refractivity contribution >= 4 is 8.32 Å². The quantitative estimate of drug-likeness (QED) is 0.490. The minimum absolute atomic E-state index is 0.972. The zero-order valence-corrected chi connectivity index (χ0v) is 9.26. The topological polar surface area (TPSA) is 20.2 Å². The number of aryl methyl sites for hydroxylation is 1. The molecule has 1 rings (SSSR count). The summed E-state index contributed by atoms with van der Waals surface area (Å²) in [5.41, 5.74) is 5.10. The summed E-state index contributed by atoms with van der Waals surface area (Å²) in [6, 6.07) is 8.00. The SMILES string of the molecule is Cc1ccc(C#C[Si](C)(C)O)cc1. The van der Waals surface area contributed by atoms with Crippen LogP contribution in [0.1, 0.15) is 11.1 Å². The van der Waals surface area contributed by atoms with E-state index in [0.717, 1.165) is 5.56 Å². The first-order valence-electron chi connectivity index (χ1n) is 4.29. The van der Waals surface area contributed by atoms with E-state index in [-0.39, 0.29) is 0 Å². The molecule has 0 bridgehead atoms. The summed E-state index contributed by atoms with van der Waals surface area (Å²) in [4.78, 5) is 9.50. The molecule has 0 atom stereocenters. The van der Waals surface area contributed by atoms with E-state index < -0.39 is 8.32 Å². The lowest BCUT2D eigenvalue weighted by Gasteiger charge is -2.01. The van der Waals surface area contributed by atoms with Gasteiger partial charge in [0.25, 0.3) is 8.32 Å². The maximum Gasteiger partial charge on any atom is 0.263 e. The van der Waals surface area contributed by atoms with Gasteiger partial charge in [-0.2, -0.15) is 0 Å². The van der Waals surface area contributed by atoms with Crippen molar-refractivity contribution in [3.8, 4) is 11.5 Å². The van der Waals surface area contributed by atoms with E-state index in [9.17, 15) is 4.80 Å². The Bertz CT molecular complexity index is 335. The average Bonchev–Trinajstić information content (AvgIpc) is 2.02. The van der Waals surface area contributed by atoms with Gasteiger partial charge in [-0.05, 0) is 32.2 Å². The monoisotopic (exact) mass is 190 g/mol. The van der Waals surface area contributed by atoms with Crippen molar-refractivity contribution in [1.82, 2.24) is 0 Å². The lowest BCUT2D eigenvalue weighted by Crippen LogP contribution is -2.22. The fourth-order valence-electron chi connectivity index (χ4n) is 0.862. The molecule has 0 saturated heterocycles. The molecule has 1 nitrogen and oxygen atoms in total. The first-order valence-corrected chi connectivity index (χ1v) is 7.24. The van der Waals surface area contributed by atoms with E-state index in [2.05, 4.69) is 11.5 Å². The number of hydrogen-bond donors (Lipinski definition) is 1. The van der Waals surface area contributed by atoms with Crippen molar-refractivity contribution in [1.29, 1.82) is 0 Å². The molecule has 0 aromatic heterocycles. The van der Waals surface area contributed by atoms with E-state index in [4.69, 9.17) is 0 Å².